The Kier molecular flexibility index (Phi) is 4.67. The van der Waals surface area contributed by atoms with E-state index in [1.165, 1.54) is 11.0 Å². The summed E-state index contributed by atoms with van der Waals surface area (Å²) in [6, 6.07) is 3.46. The molecule has 0 aliphatic carbocycles. The predicted octanol–water partition coefficient (Wildman–Crippen LogP) is 0.709. The molecule has 1 saturated heterocycles. The van der Waals surface area contributed by atoms with Crippen molar-refractivity contribution >= 4 is 5.91 Å². The van der Waals surface area contributed by atoms with Crippen molar-refractivity contribution in [3.63, 3.8) is 0 Å². The molecule has 20 heavy (non-hydrogen) atoms. The molecule has 0 aromatic heterocycles. The van der Waals surface area contributed by atoms with Gasteiger partial charge in [0.25, 0.3) is 0 Å². The van der Waals surface area contributed by atoms with Gasteiger partial charge in [-0.05, 0) is 18.6 Å². The number of carbonyl (C=O) groups excluding carboxylic acids is 1. The Morgan fingerprint density at radius 1 is 1.35 bits per heavy atom. The second-order valence-electron chi connectivity index (χ2n) is 5.02. The molecule has 1 aliphatic rings. The molecular weight excluding hydrogens is 268 g/mol. The van der Waals surface area contributed by atoms with Crippen LogP contribution in [-0.2, 0) is 11.2 Å². The maximum absolute atomic E-state index is 13.5. The van der Waals surface area contributed by atoms with Gasteiger partial charge in [0.05, 0.1) is 12.5 Å². The molecule has 2 rings (SSSR count). The minimum atomic E-state index is -0.803. The highest BCUT2D eigenvalue weighted by molar-refractivity contribution is 5.79. The van der Waals surface area contributed by atoms with Crippen LogP contribution >= 0.6 is 0 Å². The first kappa shape index (κ1) is 14.9. The molecule has 1 heterocycles. The summed E-state index contributed by atoms with van der Waals surface area (Å²) in [6.45, 7) is 0.322. The van der Waals surface area contributed by atoms with Crippen molar-refractivity contribution in [3.05, 3.63) is 35.4 Å². The molecule has 2 N–H and O–H groups in total. The van der Waals surface area contributed by atoms with Gasteiger partial charge in [-0.2, -0.15) is 0 Å². The summed E-state index contributed by atoms with van der Waals surface area (Å²) in [5, 5.41) is 18.8. The maximum Gasteiger partial charge on any atom is 0.227 e. The third-order valence-corrected chi connectivity index (χ3v) is 3.70. The van der Waals surface area contributed by atoms with Gasteiger partial charge in [0.15, 0.2) is 0 Å². The van der Waals surface area contributed by atoms with Crippen LogP contribution in [0.4, 0.5) is 8.78 Å². The Bertz CT molecular complexity index is 475. The van der Waals surface area contributed by atoms with Crippen molar-refractivity contribution < 1.29 is 23.8 Å². The van der Waals surface area contributed by atoms with Crippen molar-refractivity contribution in [2.24, 2.45) is 5.92 Å². The minimum Gasteiger partial charge on any atom is -0.396 e. The van der Waals surface area contributed by atoms with E-state index in [1.54, 1.807) is 0 Å². The highest BCUT2D eigenvalue weighted by Crippen LogP contribution is 2.19. The van der Waals surface area contributed by atoms with Crippen LogP contribution in [-0.4, -0.2) is 46.8 Å². The van der Waals surface area contributed by atoms with Crippen LogP contribution in [0.2, 0.25) is 0 Å². The van der Waals surface area contributed by atoms with E-state index in [1.807, 2.05) is 0 Å². The molecular formula is C14H17F2NO3. The van der Waals surface area contributed by atoms with Gasteiger partial charge in [-0.1, -0.05) is 6.07 Å². The normalized spacial score (nSPS) is 22.9. The van der Waals surface area contributed by atoms with Gasteiger partial charge in [0.2, 0.25) is 5.91 Å². The first-order valence-electron chi connectivity index (χ1n) is 6.52. The third kappa shape index (κ3) is 3.13. The Morgan fingerprint density at radius 3 is 2.55 bits per heavy atom. The summed E-state index contributed by atoms with van der Waals surface area (Å²) in [7, 11) is 0. The van der Waals surface area contributed by atoms with Gasteiger partial charge >= 0.3 is 0 Å². The summed E-state index contributed by atoms with van der Waals surface area (Å²) in [6.07, 6.45) is -0.693. The molecule has 0 saturated carbocycles. The zero-order chi connectivity index (χ0) is 14.7. The third-order valence-electron chi connectivity index (χ3n) is 3.70. The Balaban J connectivity index is 2.03. The van der Waals surface area contributed by atoms with Crippen molar-refractivity contribution in [2.75, 3.05) is 19.7 Å². The van der Waals surface area contributed by atoms with Gasteiger partial charge in [0.1, 0.15) is 11.6 Å². The van der Waals surface area contributed by atoms with Crippen LogP contribution < -0.4 is 0 Å². The lowest BCUT2D eigenvalue weighted by molar-refractivity contribution is -0.135. The van der Waals surface area contributed by atoms with E-state index in [0.29, 0.717) is 13.0 Å². The van der Waals surface area contributed by atoms with Gasteiger partial charge < -0.3 is 15.1 Å². The number of likely N-dealkylation sites (tertiary alicyclic amines) is 1. The molecule has 0 bridgehead atoms. The predicted molar refractivity (Wildman–Crippen MR) is 67.8 cm³/mol. The van der Waals surface area contributed by atoms with Crippen LogP contribution in [0.3, 0.4) is 0 Å². The van der Waals surface area contributed by atoms with Crippen LogP contribution in [0.25, 0.3) is 0 Å². The Labute approximate surface area is 115 Å². The monoisotopic (exact) mass is 285 g/mol. The van der Waals surface area contributed by atoms with Crippen LogP contribution in [0.5, 0.6) is 0 Å². The number of hydrogen-bond acceptors (Lipinski definition) is 3. The SMILES string of the molecule is O=C(Cc1c(F)cccc1F)N1CC[C@@H](CO)[C@@H](O)C1. The summed E-state index contributed by atoms with van der Waals surface area (Å²) in [5.41, 5.74) is -0.253. The molecule has 110 valence electrons. The van der Waals surface area contributed by atoms with Crippen LogP contribution in [0.1, 0.15) is 12.0 Å². The number of β-amino-alcohol motifs (C(OH)–C–C–N with tert-alkyl or cyclic N) is 1. The van der Waals surface area contributed by atoms with E-state index >= 15 is 0 Å². The van der Waals surface area contributed by atoms with Crippen molar-refractivity contribution in [1.29, 1.82) is 0 Å². The second-order valence-corrected chi connectivity index (χ2v) is 5.02. The number of hydrogen-bond donors (Lipinski definition) is 2. The number of aliphatic hydroxyl groups excluding tert-OH is 2. The fourth-order valence-electron chi connectivity index (χ4n) is 2.38. The number of aliphatic hydroxyl groups is 2. The molecule has 4 nitrogen and oxygen atoms in total. The van der Waals surface area contributed by atoms with Crippen molar-refractivity contribution in [2.45, 2.75) is 18.9 Å². The molecule has 1 aromatic rings. The number of rotatable bonds is 3. The Morgan fingerprint density at radius 2 is 2.00 bits per heavy atom. The number of benzene rings is 1. The fourth-order valence-corrected chi connectivity index (χ4v) is 2.38. The molecule has 1 amide bonds. The molecule has 6 heteroatoms. The Hall–Kier alpha value is -1.53. The first-order valence-corrected chi connectivity index (χ1v) is 6.52. The average molecular weight is 285 g/mol. The van der Waals surface area contributed by atoms with Crippen molar-refractivity contribution in [1.82, 2.24) is 4.90 Å². The van der Waals surface area contributed by atoms with Gasteiger partial charge in [-0.25, -0.2) is 8.78 Å². The van der Waals surface area contributed by atoms with Crippen LogP contribution in [0.15, 0.2) is 18.2 Å². The van der Waals surface area contributed by atoms with Gasteiger partial charge in [-0.15, -0.1) is 0 Å². The number of halogens is 2. The topological polar surface area (TPSA) is 60.8 Å². The zero-order valence-corrected chi connectivity index (χ0v) is 10.9. The maximum atomic E-state index is 13.5. The summed E-state index contributed by atoms with van der Waals surface area (Å²) in [4.78, 5) is 13.4. The highest BCUT2D eigenvalue weighted by Gasteiger charge is 2.30. The highest BCUT2D eigenvalue weighted by atomic mass is 19.1. The average Bonchev–Trinajstić information content (AvgIpc) is 2.42. The quantitative estimate of drug-likeness (QED) is 0.860. The van der Waals surface area contributed by atoms with E-state index in [9.17, 15) is 18.7 Å². The molecule has 0 spiro atoms. The van der Waals surface area contributed by atoms with E-state index in [4.69, 9.17) is 5.11 Å². The lowest BCUT2D eigenvalue weighted by atomic mass is 9.94. The number of carbonyl (C=O) groups is 1. The van der Waals surface area contributed by atoms with Crippen molar-refractivity contribution in [3.8, 4) is 0 Å². The summed E-state index contributed by atoms with van der Waals surface area (Å²) < 4.78 is 27.0. The fraction of sp³-hybridized carbons (Fsp3) is 0.500. The standard InChI is InChI=1S/C14H17F2NO3/c15-11-2-1-3-12(16)10(11)6-14(20)17-5-4-9(8-18)13(19)7-17/h1-3,9,13,18-19H,4-8H2/t9-,13-/m0/s1. The minimum absolute atomic E-state index is 0.0835. The summed E-state index contributed by atoms with van der Waals surface area (Å²) in [5.74, 6) is -2.16. The van der Waals surface area contributed by atoms with E-state index in [0.717, 1.165) is 12.1 Å². The van der Waals surface area contributed by atoms with E-state index < -0.39 is 23.6 Å². The lowest BCUT2D eigenvalue weighted by Gasteiger charge is -2.35. The van der Waals surface area contributed by atoms with E-state index in [-0.39, 0.29) is 31.1 Å². The smallest absolute Gasteiger partial charge is 0.227 e. The van der Waals surface area contributed by atoms with Gasteiger partial charge in [0, 0.05) is 31.2 Å². The summed E-state index contributed by atoms with van der Waals surface area (Å²) >= 11 is 0. The largest absolute Gasteiger partial charge is 0.396 e. The molecule has 0 radical (unpaired) electrons. The van der Waals surface area contributed by atoms with E-state index in [2.05, 4.69) is 0 Å². The molecule has 2 atom stereocenters. The molecule has 1 aliphatic heterocycles. The molecule has 0 unspecified atom stereocenters. The lowest BCUT2D eigenvalue weighted by Crippen LogP contribution is -2.48. The second kappa shape index (κ2) is 6.28. The number of amides is 1. The number of piperidine rings is 1. The van der Waals surface area contributed by atoms with Crippen LogP contribution in [0, 0.1) is 17.6 Å². The molecule has 1 aromatic carbocycles. The number of nitrogens with zero attached hydrogens (tertiary/aromatic N) is 1. The first-order chi connectivity index (χ1) is 9.52. The molecule has 1 fully saturated rings. The zero-order valence-electron chi connectivity index (χ0n) is 10.9. The van der Waals surface area contributed by atoms with Gasteiger partial charge in [-0.3, -0.25) is 4.79 Å².